The summed E-state index contributed by atoms with van der Waals surface area (Å²) in [6.45, 7) is 1.34. The summed E-state index contributed by atoms with van der Waals surface area (Å²) in [5, 5.41) is 0. The van der Waals surface area contributed by atoms with Crippen LogP contribution in [0.2, 0.25) is 0 Å². The summed E-state index contributed by atoms with van der Waals surface area (Å²) in [5.41, 5.74) is 6.69. The lowest BCUT2D eigenvalue weighted by Gasteiger charge is -2.11. The Morgan fingerprint density at radius 3 is 2.38 bits per heavy atom. The SMILES string of the molecule is NCc1cc(Br)c(OCCC2CC2)c(Br)c1. The van der Waals surface area contributed by atoms with Crippen molar-refractivity contribution in [3.8, 4) is 5.75 Å². The van der Waals surface area contributed by atoms with Crippen LogP contribution >= 0.6 is 31.9 Å². The molecule has 2 rings (SSSR count). The first-order valence-corrected chi connectivity index (χ1v) is 7.10. The maximum Gasteiger partial charge on any atom is 0.147 e. The van der Waals surface area contributed by atoms with E-state index >= 15 is 0 Å². The van der Waals surface area contributed by atoms with E-state index in [0.29, 0.717) is 6.54 Å². The highest BCUT2D eigenvalue weighted by Crippen LogP contribution is 2.36. The van der Waals surface area contributed by atoms with Gasteiger partial charge in [0.05, 0.1) is 15.6 Å². The van der Waals surface area contributed by atoms with Gasteiger partial charge in [-0.3, -0.25) is 0 Å². The molecular formula is C12H15Br2NO. The Bertz CT molecular complexity index is 354. The first-order chi connectivity index (χ1) is 7.70. The van der Waals surface area contributed by atoms with E-state index in [1.165, 1.54) is 12.8 Å². The van der Waals surface area contributed by atoms with Crippen molar-refractivity contribution in [2.45, 2.75) is 25.8 Å². The molecule has 2 N–H and O–H groups in total. The number of hydrogen-bond acceptors (Lipinski definition) is 2. The van der Waals surface area contributed by atoms with Gasteiger partial charge in [-0.1, -0.05) is 12.8 Å². The lowest BCUT2D eigenvalue weighted by Crippen LogP contribution is -2.01. The second kappa shape index (κ2) is 5.52. The highest BCUT2D eigenvalue weighted by Gasteiger charge is 2.21. The largest absolute Gasteiger partial charge is 0.491 e. The molecule has 0 aromatic heterocycles. The van der Waals surface area contributed by atoms with Crippen LogP contribution in [0.15, 0.2) is 21.1 Å². The molecular weight excluding hydrogens is 334 g/mol. The van der Waals surface area contributed by atoms with Gasteiger partial charge in [0.15, 0.2) is 0 Å². The molecule has 1 saturated carbocycles. The molecule has 0 heterocycles. The van der Waals surface area contributed by atoms with Crippen LogP contribution in [0.3, 0.4) is 0 Å². The molecule has 0 radical (unpaired) electrons. The summed E-state index contributed by atoms with van der Waals surface area (Å²) in [6.07, 6.45) is 3.91. The monoisotopic (exact) mass is 347 g/mol. The zero-order valence-electron chi connectivity index (χ0n) is 9.01. The van der Waals surface area contributed by atoms with Crippen LogP contribution < -0.4 is 10.5 Å². The second-order valence-corrected chi connectivity index (χ2v) is 5.88. The highest BCUT2D eigenvalue weighted by atomic mass is 79.9. The maximum absolute atomic E-state index is 5.78. The molecule has 0 spiro atoms. The average Bonchev–Trinajstić information content (AvgIpc) is 3.05. The minimum absolute atomic E-state index is 0.541. The molecule has 4 heteroatoms. The van der Waals surface area contributed by atoms with Crippen LogP contribution in [0, 0.1) is 5.92 Å². The number of rotatable bonds is 5. The van der Waals surface area contributed by atoms with Gasteiger partial charge >= 0.3 is 0 Å². The molecule has 0 aliphatic heterocycles. The summed E-state index contributed by atoms with van der Waals surface area (Å²) < 4.78 is 7.72. The number of halogens is 2. The quantitative estimate of drug-likeness (QED) is 0.877. The maximum atomic E-state index is 5.78. The number of benzene rings is 1. The smallest absolute Gasteiger partial charge is 0.147 e. The van der Waals surface area contributed by atoms with Crippen LogP contribution in [0.5, 0.6) is 5.75 Å². The van der Waals surface area contributed by atoms with E-state index in [-0.39, 0.29) is 0 Å². The van der Waals surface area contributed by atoms with Crippen molar-refractivity contribution in [1.29, 1.82) is 0 Å². The fourth-order valence-corrected chi connectivity index (χ4v) is 3.11. The predicted octanol–water partition coefficient (Wildman–Crippen LogP) is 3.85. The highest BCUT2D eigenvalue weighted by molar-refractivity contribution is 9.11. The molecule has 0 bridgehead atoms. The fraction of sp³-hybridized carbons (Fsp3) is 0.500. The Labute approximate surface area is 113 Å². The van der Waals surface area contributed by atoms with Crippen LogP contribution in [0.4, 0.5) is 0 Å². The van der Waals surface area contributed by atoms with Crippen molar-refractivity contribution < 1.29 is 4.74 Å². The fourth-order valence-electron chi connectivity index (χ4n) is 1.60. The van der Waals surface area contributed by atoms with Gasteiger partial charge in [0.25, 0.3) is 0 Å². The van der Waals surface area contributed by atoms with Gasteiger partial charge in [0.1, 0.15) is 5.75 Å². The van der Waals surface area contributed by atoms with Crippen molar-refractivity contribution >= 4 is 31.9 Å². The van der Waals surface area contributed by atoms with E-state index in [9.17, 15) is 0 Å². The van der Waals surface area contributed by atoms with Crippen LogP contribution in [-0.2, 0) is 6.54 Å². The van der Waals surface area contributed by atoms with E-state index < -0.39 is 0 Å². The van der Waals surface area contributed by atoms with Crippen LogP contribution in [0.25, 0.3) is 0 Å². The topological polar surface area (TPSA) is 35.2 Å². The standard InChI is InChI=1S/C12H15Br2NO/c13-10-5-9(7-15)6-11(14)12(10)16-4-3-8-1-2-8/h5-6,8H,1-4,7,15H2. The van der Waals surface area contributed by atoms with E-state index in [1.54, 1.807) is 0 Å². The van der Waals surface area contributed by atoms with E-state index in [2.05, 4.69) is 31.9 Å². The Morgan fingerprint density at radius 1 is 1.25 bits per heavy atom. The van der Waals surface area contributed by atoms with Gasteiger partial charge in [-0.05, 0) is 61.9 Å². The predicted molar refractivity (Wildman–Crippen MR) is 72.6 cm³/mol. The molecule has 0 unspecified atom stereocenters. The molecule has 88 valence electrons. The van der Waals surface area contributed by atoms with E-state index in [4.69, 9.17) is 10.5 Å². The summed E-state index contributed by atoms with van der Waals surface area (Å²) in [6, 6.07) is 4.02. The van der Waals surface area contributed by atoms with E-state index in [0.717, 1.165) is 39.2 Å². The van der Waals surface area contributed by atoms with Crippen molar-refractivity contribution in [1.82, 2.24) is 0 Å². The first-order valence-electron chi connectivity index (χ1n) is 5.51. The zero-order valence-corrected chi connectivity index (χ0v) is 12.2. The van der Waals surface area contributed by atoms with E-state index in [1.807, 2.05) is 12.1 Å². The molecule has 1 fully saturated rings. The normalized spacial score (nSPS) is 15.2. The summed E-state index contributed by atoms with van der Waals surface area (Å²) >= 11 is 7.02. The zero-order chi connectivity index (χ0) is 11.5. The lowest BCUT2D eigenvalue weighted by atomic mass is 10.2. The summed E-state index contributed by atoms with van der Waals surface area (Å²) in [7, 11) is 0. The van der Waals surface area contributed by atoms with Crippen LogP contribution in [-0.4, -0.2) is 6.61 Å². The molecule has 0 saturated heterocycles. The van der Waals surface area contributed by atoms with Crippen molar-refractivity contribution in [3.05, 3.63) is 26.6 Å². The van der Waals surface area contributed by atoms with Gasteiger partial charge in [0.2, 0.25) is 0 Å². The number of hydrogen-bond donors (Lipinski definition) is 1. The Kier molecular flexibility index (Phi) is 4.27. The molecule has 1 aromatic carbocycles. The molecule has 16 heavy (non-hydrogen) atoms. The molecule has 1 aromatic rings. The molecule has 1 aliphatic carbocycles. The third-order valence-electron chi connectivity index (χ3n) is 2.76. The Morgan fingerprint density at radius 2 is 1.88 bits per heavy atom. The molecule has 1 aliphatic rings. The minimum Gasteiger partial charge on any atom is -0.491 e. The van der Waals surface area contributed by atoms with Gasteiger partial charge < -0.3 is 10.5 Å². The molecule has 2 nitrogen and oxygen atoms in total. The lowest BCUT2D eigenvalue weighted by molar-refractivity contribution is 0.299. The van der Waals surface area contributed by atoms with Gasteiger partial charge in [-0.2, -0.15) is 0 Å². The van der Waals surface area contributed by atoms with Crippen LogP contribution in [0.1, 0.15) is 24.8 Å². The average molecular weight is 349 g/mol. The van der Waals surface area contributed by atoms with Crippen molar-refractivity contribution in [2.75, 3.05) is 6.61 Å². The van der Waals surface area contributed by atoms with Gasteiger partial charge in [-0.25, -0.2) is 0 Å². The third kappa shape index (κ3) is 3.22. The second-order valence-electron chi connectivity index (χ2n) is 4.17. The summed E-state index contributed by atoms with van der Waals surface area (Å²) in [4.78, 5) is 0. The third-order valence-corrected chi connectivity index (χ3v) is 3.94. The number of nitrogens with two attached hydrogens (primary N) is 1. The van der Waals surface area contributed by atoms with Crippen molar-refractivity contribution in [2.24, 2.45) is 11.7 Å². The van der Waals surface area contributed by atoms with Gasteiger partial charge in [0, 0.05) is 6.54 Å². The molecule has 0 amide bonds. The first kappa shape index (κ1) is 12.4. The summed E-state index contributed by atoms with van der Waals surface area (Å²) in [5.74, 6) is 1.79. The minimum atomic E-state index is 0.541. The van der Waals surface area contributed by atoms with Crippen molar-refractivity contribution in [3.63, 3.8) is 0 Å². The Balaban J connectivity index is 2.00. The van der Waals surface area contributed by atoms with Gasteiger partial charge in [-0.15, -0.1) is 0 Å². The Hall–Kier alpha value is -0.0600. The number of ether oxygens (including phenoxy) is 1. The molecule has 0 atom stereocenters.